The summed E-state index contributed by atoms with van der Waals surface area (Å²) in [7, 11) is 5.46. The molecule has 0 spiro atoms. The minimum Gasteiger partial charge on any atom is -0.497 e. The number of nitrogens with zero attached hydrogens (tertiary/aromatic N) is 2. The summed E-state index contributed by atoms with van der Waals surface area (Å²) in [6, 6.07) is 12.2. The van der Waals surface area contributed by atoms with Gasteiger partial charge in [-0.3, -0.25) is 9.59 Å². The summed E-state index contributed by atoms with van der Waals surface area (Å²) < 4.78 is 5.10. The number of carbonyl (C=O) groups is 2. The highest BCUT2D eigenvalue weighted by molar-refractivity contribution is 5.96. The van der Waals surface area contributed by atoms with E-state index in [-0.39, 0.29) is 23.2 Å². The lowest BCUT2D eigenvalue weighted by Gasteiger charge is -2.10. The van der Waals surface area contributed by atoms with Gasteiger partial charge in [-0.05, 0) is 43.9 Å². The third kappa shape index (κ3) is 5.86. The van der Waals surface area contributed by atoms with Crippen molar-refractivity contribution in [2.75, 3.05) is 34.3 Å². The Hall–Kier alpha value is -2.93. The van der Waals surface area contributed by atoms with Crippen LogP contribution in [0.5, 0.6) is 5.75 Å². The lowest BCUT2D eigenvalue weighted by Crippen LogP contribution is -2.32. The maximum atomic E-state index is 12.3. The Labute approximate surface area is 153 Å². The number of pyridine rings is 1. The summed E-state index contributed by atoms with van der Waals surface area (Å²) in [5.74, 6) is 0.134. The predicted molar refractivity (Wildman–Crippen MR) is 99.3 cm³/mol. The van der Waals surface area contributed by atoms with Gasteiger partial charge in [-0.2, -0.15) is 0 Å². The Morgan fingerprint density at radius 1 is 1.00 bits per heavy atom. The first-order valence-electron chi connectivity index (χ1n) is 8.30. The van der Waals surface area contributed by atoms with Crippen LogP contribution < -0.4 is 15.4 Å². The van der Waals surface area contributed by atoms with Gasteiger partial charge in [-0.25, -0.2) is 4.98 Å². The summed E-state index contributed by atoms with van der Waals surface area (Å²) >= 11 is 0. The molecule has 7 nitrogen and oxygen atoms in total. The molecule has 1 aromatic heterocycles. The highest BCUT2D eigenvalue weighted by Gasteiger charge is 2.12. The Bertz CT molecular complexity index is 745. The summed E-state index contributed by atoms with van der Waals surface area (Å²) in [4.78, 5) is 30.5. The molecule has 1 aromatic carbocycles. The van der Waals surface area contributed by atoms with E-state index in [9.17, 15) is 9.59 Å². The average molecular weight is 356 g/mol. The van der Waals surface area contributed by atoms with Crippen molar-refractivity contribution in [2.24, 2.45) is 0 Å². The van der Waals surface area contributed by atoms with Gasteiger partial charge in [0.05, 0.1) is 7.11 Å². The number of hydrogen-bond acceptors (Lipinski definition) is 5. The molecule has 2 rings (SSSR count). The number of methoxy groups -OCH3 is 1. The second-order valence-corrected chi connectivity index (χ2v) is 6.00. The van der Waals surface area contributed by atoms with E-state index in [4.69, 9.17) is 4.74 Å². The minimum atomic E-state index is -0.330. The molecule has 0 saturated carbocycles. The SMILES string of the molecule is COc1ccc(CNC(=O)c2cccc(C(=O)NCCN(C)C)n2)cc1. The van der Waals surface area contributed by atoms with Gasteiger partial charge in [0.2, 0.25) is 0 Å². The number of aromatic nitrogens is 1. The van der Waals surface area contributed by atoms with Crippen LogP contribution in [0.25, 0.3) is 0 Å². The fraction of sp³-hybridized carbons (Fsp3) is 0.316. The van der Waals surface area contributed by atoms with Crippen LogP contribution in [-0.2, 0) is 6.54 Å². The van der Waals surface area contributed by atoms with Crippen molar-refractivity contribution >= 4 is 11.8 Å². The topological polar surface area (TPSA) is 83.6 Å². The molecular weight excluding hydrogens is 332 g/mol. The number of amides is 2. The van der Waals surface area contributed by atoms with E-state index >= 15 is 0 Å². The van der Waals surface area contributed by atoms with Crippen LogP contribution in [0.2, 0.25) is 0 Å². The van der Waals surface area contributed by atoms with Crippen LogP contribution in [0, 0.1) is 0 Å². The van der Waals surface area contributed by atoms with Crippen LogP contribution in [-0.4, -0.2) is 56.0 Å². The van der Waals surface area contributed by atoms with Gasteiger partial charge in [0.1, 0.15) is 17.1 Å². The Morgan fingerprint density at radius 2 is 1.62 bits per heavy atom. The number of carbonyl (C=O) groups excluding carboxylic acids is 2. The molecule has 0 unspecified atom stereocenters. The molecule has 0 saturated heterocycles. The molecular formula is C19H24N4O3. The molecule has 0 radical (unpaired) electrons. The molecule has 26 heavy (non-hydrogen) atoms. The molecule has 0 aliphatic rings. The third-order valence-corrected chi connectivity index (χ3v) is 3.67. The van der Waals surface area contributed by atoms with Crippen molar-refractivity contribution in [1.82, 2.24) is 20.5 Å². The fourth-order valence-corrected chi connectivity index (χ4v) is 2.19. The Morgan fingerprint density at radius 3 is 2.19 bits per heavy atom. The van der Waals surface area contributed by atoms with Gasteiger partial charge in [0.25, 0.3) is 11.8 Å². The smallest absolute Gasteiger partial charge is 0.270 e. The summed E-state index contributed by atoms with van der Waals surface area (Å²) in [6.07, 6.45) is 0. The lowest BCUT2D eigenvalue weighted by atomic mass is 10.2. The Kier molecular flexibility index (Phi) is 7.11. The highest BCUT2D eigenvalue weighted by atomic mass is 16.5. The summed E-state index contributed by atoms with van der Waals surface area (Å²) in [6.45, 7) is 1.61. The molecule has 7 heteroatoms. The van der Waals surface area contributed by atoms with Gasteiger partial charge in [-0.1, -0.05) is 18.2 Å². The molecule has 0 bridgehead atoms. The summed E-state index contributed by atoms with van der Waals surface area (Å²) in [5.41, 5.74) is 1.37. The van der Waals surface area contributed by atoms with E-state index in [1.807, 2.05) is 43.3 Å². The number of rotatable bonds is 8. The molecule has 2 amide bonds. The molecule has 1 heterocycles. The second kappa shape index (κ2) is 9.53. The van der Waals surface area contributed by atoms with Crippen LogP contribution in [0.3, 0.4) is 0 Å². The van der Waals surface area contributed by atoms with E-state index in [0.29, 0.717) is 13.1 Å². The number of benzene rings is 1. The largest absolute Gasteiger partial charge is 0.497 e. The average Bonchev–Trinajstić information content (AvgIpc) is 2.66. The molecule has 0 aliphatic carbocycles. The molecule has 2 N–H and O–H groups in total. The second-order valence-electron chi connectivity index (χ2n) is 6.00. The van der Waals surface area contributed by atoms with Crippen molar-refractivity contribution in [3.8, 4) is 5.75 Å². The van der Waals surface area contributed by atoms with Crippen LogP contribution in [0.15, 0.2) is 42.5 Å². The van der Waals surface area contributed by atoms with Crippen molar-refractivity contribution in [1.29, 1.82) is 0 Å². The normalized spacial score (nSPS) is 10.5. The maximum Gasteiger partial charge on any atom is 0.270 e. The molecule has 2 aromatic rings. The van der Waals surface area contributed by atoms with Crippen molar-refractivity contribution < 1.29 is 14.3 Å². The minimum absolute atomic E-state index is 0.207. The Balaban J connectivity index is 1.93. The summed E-state index contributed by atoms with van der Waals surface area (Å²) in [5, 5.41) is 5.57. The third-order valence-electron chi connectivity index (χ3n) is 3.67. The zero-order chi connectivity index (χ0) is 18.9. The number of ether oxygens (including phenoxy) is 1. The van der Waals surface area contributed by atoms with Crippen LogP contribution in [0.4, 0.5) is 0 Å². The van der Waals surface area contributed by atoms with E-state index in [1.54, 1.807) is 25.3 Å². The number of hydrogen-bond donors (Lipinski definition) is 2. The van der Waals surface area contributed by atoms with Gasteiger partial charge >= 0.3 is 0 Å². The fourth-order valence-electron chi connectivity index (χ4n) is 2.19. The first-order chi connectivity index (χ1) is 12.5. The maximum absolute atomic E-state index is 12.3. The molecule has 0 fully saturated rings. The monoisotopic (exact) mass is 356 g/mol. The van der Waals surface area contributed by atoms with Crippen molar-refractivity contribution in [2.45, 2.75) is 6.54 Å². The lowest BCUT2D eigenvalue weighted by molar-refractivity contribution is 0.0941. The quantitative estimate of drug-likeness (QED) is 0.745. The zero-order valence-corrected chi connectivity index (χ0v) is 15.3. The first kappa shape index (κ1) is 19.4. The van der Waals surface area contributed by atoms with Crippen molar-refractivity contribution in [3.63, 3.8) is 0 Å². The van der Waals surface area contributed by atoms with Crippen molar-refractivity contribution in [3.05, 3.63) is 59.4 Å². The molecule has 0 atom stereocenters. The van der Waals surface area contributed by atoms with E-state index < -0.39 is 0 Å². The number of nitrogens with one attached hydrogen (secondary N) is 2. The van der Waals surface area contributed by atoms with E-state index in [0.717, 1.165) is 17.9 Å². The predicted octanol–water partition coefficient (Wildman–Crippen LogP) is 1.31. The molecule has 138 valence electrons. The molecule has 0 aliphatic heterocycles. The van der Waals surface area contributed by atoms with E-state index in [2.05, 4.69) is 15.6 Å². The van der Waals surface area contributed by atoms with Crippen LogP contribution in [0.1, 0.15) is 26.5 Å². The zero-order valence-electron chi connectivity index (χ0n) is 15.3. The standard InChI is InChI=1S/C19H24N4O3/c1-23(2)12-11-20-18(24)16-5-4-6-17(22-16)19(25)21-13-14-7-9-15(26-3)10-8-14/h4-10H,11-13H2,1-3H3,(H,20,24)(H,21,25). The van der Waals surface area contributed by atoms with Gasteiger partial charge in [-0.15, -0.1) is 0 Å². The van der Waals surface area contributed by atoms with Gasteiger partial charge < -0.3 is 20.3 Å². The van der Waals surface area contributed by atoms with E-state index in [1.165, 1.54) is 0 Å². The van der Waals surface area contributed by atoms with Gasteiger partial charge in [0.15, 0.2) is 0 Å². The number of likely N-dealkylation sites (N-methyl/N-ethyl adjacent to an activating group) is 1. The van der Waals surface area contributed by atoms with Gasteiger partial charge in [0, 0.05) is 19.6 Å². The first-order valence-corrected chi connectivity index (χ1v) is 8.30. The highest BCUT2D eigenvalue weighted by Crippen LogP contribution is 2.11. The van der Waals surface area contributed by atoms with Crippen LogP contribution >= 0.6 is 0 Å².